The van der Waals surface area contributed by atoms with Crippen LogP contribution in [0.25, 0.3) is 49.7 Å². The van der Waals surface area contributed by atoms with Crippen LogP contribution in [0, 0.1) is 0 Å². The predicted molar refractivity (Wildman–Crippen MR) is 253 cm³/mol. The molecule has 0 unspecified atom stereocenters. The molecule has 0 saturated heterocycles. The summed E-state index contributed by atoms with van der Waals surface area (Å²) in [6, 6.07) is 80.7. The number of para-hydroxylation sites is 3. The molecule has 12 rings (SSSR count). The van der Waals surface area contributed by atoms with Crippen molar-refractivity contribution in [1.82, 2.24) is 4.57 Å². The molecular weight excluding hydrogens is 750 g/mol. The van der Waals surface area contributed by atoms with Gasteiger partial charge >= 0.3 is 0 Å². The number of rotatable bonds is 6. The Morgan fingerprint density at radius 2 is 1.02 bits per heavy atom. The third kappa shape index (κ3) is 5.28. The van der Waals surface area contributed by atoms with E-state index in [2.05, 4.69) is 223 Å². The van der Waals surface area contributed by atoms with Crippen molar-refractivity contribution in [2.24, 2.45) is 0 Å². The lowest BCUT2D eigenvalue weighted by Gasteiger charge is -2.36. The molecule has 0 atom stereocenters. The molecule has 10 aromatic rings. The van der Waals surface area contributed by atoms with Crippen LogP contribution in [0.5, 0.6) is 11.5 Å². The maximum atomic E-state index is 6.86. The molecule has 0 radical (unpaired) electrons. The molecule has 0 saturated carbocycles. The molecule has 0 N–H and O–H groups in total. The average molecular weight is 786 g/mol. The molecular formula is C54H36BNOSSi. The standard InChI is InChI=1S/C54H36BNOSSi/c1-4-19-40(20-5-1)59(41-21-6-2-7-22-41,42-23-8-3-9-24-42)43-31-32-46-47-34-38(35-52-54(47)55(58-53(46)36-43)48-27-12-15-30-51(48)57-52)37-17-16-18-39(33-37)56-49-28-13-10-25-44(49)45-26-11-14-29-50(45)56/h1-36H. The van der Waals surface area contributed by atoms with Crippen LogP contribution in [0.2, 0.25) is 0 Å². The molecule has 0 amide bonds. The van der Waals surface area contributed by atoms with Crippen molar-refractivity contribution in [3.05, 3.63) is 218 Å². The Bertz CT molecular complexity index is 3090. The molecule has 2 nitrogen and oxygen atoms in total. The van der Waals surface area contributed by atoms with E-state index in [4.69, 9.17) is 4.74 Å². The average Bonchev–Trinajstić information content (AvgIpc) is 3.65. The Morgan fingerprint density at radius 1 is 0.424 bits per heavy atom. The van der Waals surface area contributed by atoms with Crippen molar-refractivity contribution in [3.63, 3.8) is 0 Å². The summed E-state index contributed by atoms with van der Waals surface area (Å²) in [5.41, 5.74) is 10.8. The first-order chi connectivity index (χ1) is 29.3. The van der Waals surface area contributed by atoms with Crippen molar-refractivity contribution in [2.45, 2.75) is 4.90 Å². The summed E-state index contributed by atoms with van der Waals surface area (Å²) >= 11 is 1.97. The number of aromatic nitrogens is 1. The Kier molecular flexibility index (Phi) is 7.94. The topological polar surface area (TPSA) is 14.2 Å². The van der Waals surface area contributed by atoms with Crippen molar-refractivity contribution in [2.75, 3.05) is 0 Å². The molecule has 1 aromatic heterocycles. The van der Waals surface area contributed by atoms with Gasteiger partial charge < -0.3 is 9.30 Å². The molecule has 0 spiro atoms. The lowest BCUT2D eigenvalue weighted by Crippen LogP contribution is -2.74. The van der Waals surface area contributed by atoms with Crippen LogP contribution >= 0.6 is 11.6 Å². The van der Waals surface area contributed by atoms with E-state index in [1.54, 1.807) is 0 Å². The Hall–Kier alpha value is -6.79. The van der Waals surface area contributed by atoms with Crippen molar-refractivity contribution in [3.8, 4) is 39.4 Å². The minimum absolute atomic E-state index is 0.104. The molecule has 9 aromatic carbocycles. The van der Waals surface area contributed by atoms with Crippen LogP contribution in [-0.2, 0) is 0 Å². The Morgan fingerprint density at radius 3 is 1.68 bits per heavy atom. The van der Waals surface area contributed by atoms with Crippen molar-refractivity contribution in [1.29, 1.82) is 0 Å². The maximum Gasteiger partial charge on any atom is 0.289 e. The second-order valence-electron chi connectivity index (χ2n) is 15.6. The van der Waals surface area contributed by atoms with E-state index in [-0.39, 0.29) is 5.99 Å². The van der Waals surface area contributed by atoms with Crippen LogP contribution in [0.15, 0.2) is 223 Å². The lowest BCUT2D eigenvalue weighted by atomic mass is 9.57. The maximum absolute atomic E-state index is 6.86. The molecule has 0 fully saturated rings. The van der Waals surface area contributed by atoms with Crippen LogP contribution in [-0.4, -0.2) is 18.6 Å². The molecule has 0 aliphatic carbocycles. The van der Waals surface area contributed by atoms with Gasteiger partial charge in [-0.25, -0.2) is 0 Å². The summed E-state index contributed by atoms with van der Waals surface area (Å²) in [6.07, 6.45) is 0. The molecule has 5 heteroatoms. The first-order valence-electron chi connectivity index (χ1n) is 20.3. The lowest BCUT2D eigenvalue weighted by molar-refractivity contribution is 0.488. The first kappa shape index (κ1) is 34.3. The summed E-state index contributed by atoms with van der Waals surface area (Å²) in [7, 11) is -2.73. The third-order valence-corrected chi connectivity index (χ3v) is 18.5. The molecule has 276 valence electrons. The van der Waals surface area contributed by atoms with E-state index in [9.17, 15) is 0 Å². The van der Waals surface area contributed by atoms with Gasteiger partial charge in [0, 0.05) is 21.4 Å². The largest absolute Gasteiger partial charge is 0.458 e. The van der Waals surface area contributed by atoms with Gasteiger partial charge in [0.05, 0.1) is 11.0 Å². The highest BCUT2D eigenvalue weighted by molar-refractivity contribution is 8.28. The van der Waals surface area contributed by atoms with Crippen LogP contribution < -0.4 is 36.4 Å². The summed E-state index contributed by atoms with van der Waals surface area (Å²) < 4.78 is 9.26. The van der Waals surface area contributed by atoms with Crippen molar-refractivity contribution < 1.29 is 4.74 Å². The quantitative estimate of drug-likeness (QED) is 0.123. The molecule has 0 bridgehead atoms. The van der Waals surface area contributed by atoms with Crippen molar-refractivity contribution >= 4 is 79.2 Å². The van der Waals surface area contributed by atoms with Gasteiger partial charge in [-0.2, -0.15) is 11.6 Å². The molecule has 3 heterocycles. The fourth-order valence-corrected chi connectivity index (χ4v) is 16.2. The van der Waals surface area contributed by atoms with Crippen LogP contribution in [0.1, 0.15) is 0 Å². The normalized spacial score (nSPS) is 12.8. The Labute approximate surface area is 349 Å². The second kappa shape index (κ2) is 13.7. The van der Waals surface area contributed by atoms with Gasteiger partial charge in [-0.1, -0.05) is 170 Å². The van der Waals surface area contributed by atoms with E-state index in [1.807, 2.05) is 11.6 Å². The van der Waals surface area contributed by atoms with Gasteiger partial charge in [0.1, 0.15) is 11.5 Å². The highest BCUT2D eigenvalue weighted by Gasteiger charge is 2.44. The van der Waals surface area contributed by atoms with Gasteiger partial charge in [0.15, 0.2) is 8.07 Å². The van der Waals surface area contributed by atoms with Gasteiger partial charge in [-0.15, -0.1) is 0 Å². The smallest absolute Gasteiger partial charge is 0.289 e. The number of benzene rings is 9. The van der Waals surface area contributed by atoms with E-state index < -0.39 is 8.07 Å². The third-order valence-electron chi connectivity index (χ3n) is 12.4. The minimum Gasteiger partial charge on any atom is -0.458 e. The zero-order valence-electron chi connectivity index (χ0n) is 32.1. The SMILES string of the molecule is c1ccc([Si](c2ccccc2)(c2ccccc2)c2ccc3c(c2)SB2c4ccccc4Oc4cc(-c5cccc(-n6c7ccccc7c7ccccc76)c5)cc-3c42)cc1. The van der Waals surface area contributed by atoms with E-state index in [0.29, 0.717) is 0 Å². The highest BCUT2D eigenvalue weighted by Crippen LogP contribution is 2.45. The molecule has 2 aliphatic heterocycles. The summed E-state index contributed by atoms with van der Waals surface area (Å²) in [6.45, 7) is 0. The van der Waals surface area contributed by atoms with Gasteiger partial charge in [-0.05, 0) is 102 Å². The number of hydrogen-bond acceptors (Lipinski definition) is 2. The molecule has 2 aliphatic rings. The Balaban J connectivity index is 1.07. The number of fused-ring (bicyclic) bond motifs is 7. The number of ether oxygens (including phenoxy) is 1. The summed E-state index contributed by atoms with van der Waals surface area (Å²) in [5, 5.41) is 8.04. The van der Waals surface area contributed by atoms with Gasteiger partial charge in [0.25, 0.3) is 5.99 Å². The predicted octanol–water partition coefficient (Wildman–Crippen LogP) is 9.81. The second-order valence-corrected chi connectivity index (χ2v) is 20.5. The number of nitrogens with zero attached hydrogens (tertiary/aromatic N) is 1. The summed E-state index contributed by atoms with van der Waals surface area (Å²) in [5.74, 6) is 1.97. The fraction of sp³-hybridized carbons (Fsp3) is 0. The fourth-order valence-electron chi connectivity index (χ4n) is 9.85. The van der Waals surface area contributed by atoms with E-state index >= 15 is 0 Å². The van der Waals surface area contributed by atoms with Gasteiger partial charge in [0.2, 0.25) is 0 Å². The zero-order chi connectivity index (χ0) is 38.9. The van der Waals surface area contributed by atoms with E-state index in [0.717, 1.165) is 28.3 Å². The first-order valence-corrected chi connectivity index (χ1v) is 23.2. The van der Waals surface area contributed by atoms with Gasteiger partial charge in [-0.3, -0.25) is 0 Å². The summed E-state index contributed by atoms with van der Waals surface area (Å²) in [4.78, 5) is 1.30. The monoisotopic (exact) mass is 785 g/mol. The number of hydrogen-bond donors (Lipinski definition) is 0. The van der Waals surface area contributed by atoms with E-state index in [1.165, 1.54) is 69.5 Å². The van der Waals surface area contributed by atoms with Crippen LogP contribution in [0.4, 0.5) is 0 Å². The van der Waals surface area contributed by atoms with Crippen LogP contribution in [0.3, 0.4) is 0 Å². The highest BCUT2D eigenvalue weighted by atomic mass is 32.2. The zero-order valence-corrected chi connectivity index (χ0v) is 33.9. The minimum atomic E-state index is -2.73. The molecule has 59 heavy (non-hydrogen) atoms.